The molecule has 4 aromatic rings. The van der Waals surface area contributed by atoms with Gasteiger partial charge in [-0.05, 0) is 43.8 Å². The molecule has 32 heavy (non-hydrogen) atoms. The highest BCUT2D eigenvalue weighted by Gasteiger charge is 2.21. The molecule has 0 saturated heterocycles. The first-order valence-electron chi connectivity index (χ1n) is 10.2. The van der Waals surface area contributed by atoms with Crippen LogP contribution in [0.1, 0.15) is 25.1 Å². The summed E-state index contributed by atoms with van der Waals surface area (Å²) in [6.07, 6.45) is -0.173. The van der Waals surface area contributed by atoms with E-state index in [1.807, 2.05) is 42.6 Å². The summed E-state index contributed by atoms with van der Waals surface area (Å²) < 4.78 is 7.17. The Labute approximate surface area is 188 Å². The first kappa shape index (κ1) is 21.5. The molecule has 9 heteroatoms. The third-order valence-corrected chi connectivity index (χ3v) is 5.82. The molecule has 0 saturated carbocycles. The van der Waals surface area contributed by atoms with Gasteiger partial charge in [-0.25, -0.2) is 4.98 Å². The maximum Gasteiger partial charge on any atom is 0.266 e. The van der Waals surface area contributed by atoms with E-state index in [0.29, 0.717) is 34.9 Å². The summed E-state index contributed by atoms with van der Waals surface area (Å²) in [5, 5.41) is 9.40. The third kappa shape index (κ3) is 4.47. The average Bonchev–Trinajstić information content (AvgIpc) is 3.44. The number of nitrogens with one attached hydrogen (secondary N) is 2. The smallest absolute Gasteiger partial charge is 0.266 e. The highest BCUT2D eigenvalue weighted by atomic mass is 32.1. The van der Waals surface area contributed by atoms with Crippen LogP contribution in [0.4, 0.5) is 5.82 Å². The fraction of sp³-hybridized carbons (Fsp3) is 0.217. The molecule has 0 radical (unpaired) electrons. The van der Waals surface area contributed by atoms with Gasteiger partial charge < -0.3 is 10.1 Å². The second kappa shape index (κ2) is 9.19. The molecular weight excluding hydrogens is 426 g/mol. The van der Waals surface area contributed by atoms with Crippen LogP contribution in [0.15, 0.2) is 58.7 Å². The predicted molar refractivity (Wildman–Crippen MR) is 125 cm³/mol. The molecule has 3 aromatic heterocycles. The maximum absolute atomic E-state index is 12.9. The summed E-state index contributed by atoms with van der Waals surface area (Å²) in [6, 6.07) is 14.7. The molecule has 1 amide bonds. The molecule has 0 fully saturated rings. The molecule has 2 N–H and O–H groups in total. The second-order valence-corrected chi connectivity index (χ2v) is 8.12. The van der Waals surface area contributed by atoms with E-state index < -0.39 is 6.10 Å². The number of para-hydroxylation sites is 1. The van der Waals surface area contributed by atoms with Crippen LogP contribution in [0.2, 0.25) is 0 Å². The molecule has 4 rings (SSSR count). The lowest BCUT2D eigenvalue weighted by atomic mass is 10.2. The van der Waals surface area contributed by atoms with Gasteiger partial charge in [0, 0.05) is 17.3 Å². The number of amides is 1. The van der Waals surface area contributed by atoms with E-state index in [0.717, 1.165) is 4.88 Å². The molecule has 0 aliphatic rings. The van der Waals surface area contributed by atoms with Crippen LogP contribution in [0.5, 0.6) is 5.75 Å². The Kier molecular flexibility index (Phi) is 6.18. The van der Waals surface area contributed by atoms with Crippen molar-refractivity contribution in [2.75, 3.05) is 5.32 Å². The summed E-state index contributed by atoms with van der Waals surface area (Å²) in [6.45, 7) is 5.36. The Morgan fingerprint density at radius 1 is 1.25 bits per heavy atom. The summed E-state index contributed by atoms with van der Waals surface area (Å²) in [7, 11) is 0. The number of ether oxygens (including phenoxy) is 1. The monoisotopic (exact) mass is 449 g/mol. The fourth-order valence-corrected chi connectivity index (χ4v) is 3.95. The van der Waals surface area contributed by atoms with Gasteiger partial charge in [0.25, 0.3) is 11.5 Å². The number of hydrogen-bond donors (Lipinski definition) is 2. The van der Waals surface area contributed by atoms with Crippen molar-refractivity contribution in [2.45, 2.75) is 33.3 Å². The molecule has 8 nitrogen and oxygen atoms in total. The number of hydrogen-bond acceptors (Lipinski definition) is 6. The van der Waals surface area contributed by atoms with Crippen molar-refractivity contribution in [1.82, 2.24) is 19.7 Å². The third-order valence-electron chi connectivity index (χ3n) is 4.92. The molecule has 1 unspecified atom stereocenters. The number of carbonyl (C=O) groups is 1. The predicted octanol–water partition coefficient (Wildman–Crippen LogP) is 3.96. The lowest BCUT2D eigenvalue weighted by Gasteiger charge is -2.15. The summed E-state index contributed by atoms with van der Waals surface area (Å²) in [5.74, 6) is 0.866. The molecule has 3 heterocycles. The molecule has 1 atom stereocenters. The Bertz CT molecular complexity index is 1280. The highest BCUT2D eigenvalue weighted by Crippen LogP contribution is 2.27. The first-order valence-corrected chi connectivity index (χ1v) is 11.1. The van der Waals surface area contributed by atoms with E-state index in [9.17, 15) is 9.59 Å². The summed E-state index contributed by atoms with van der Waals surface area (Å²) in [5.41, 5.74) is 1.68. The Morgan fingerprint density at radius 3 is 2.69 bits per heavy atom. The Morgan fingerprint density at radius 2 is 2.03 bits per heavy atom. The second-order valence-electron chi connectivity index (χ2n) is 7.17. The van der Waals surface area contributed by atoms with E-state index >= 15 is 0 Å². The van der Waals surface area contributed by atoms with Crippen LogP contribution >= 0.6 is 11.3 Å². The van der Waals surface area contributed by atoms with Crippen LogP contribution in [-0.2, 0) is 11.2 Å². The van der Waals surface area contributed by atoms with E-state index in [2.05, 4.69) is 20.4 Å². The maximum atomic E-state index is 12.9. The minimum atomic E-state index is -0.748. The van der Waals surface area contributed by atoms with Gasteiger partial charge in [-0.2, -0.15) is 9.78 Å². The standard InChI is InChI=1S/C23H23N5O3S/c1-4-17-14(2)24-23(26-22(17)30)28-20(13-18(27-28)19-11-8-12-32-19)25-21(29)15(3)31-16-9-6-5-7-10-16/h5-13,15H,4H2,1-3H3,(H,25,29)(H,24,26,30). The number of thiophene rings is 1. The van der Waals surface area contributed by atoms with Gasteiger partial charge in [0.15, 0.2) is 6.10 Å². The van der Waals surface area contributed by atoms with Gasteiger partial charge in [0.2, 0.25) is 5.95 Å². The minimum absolute atomic E-state index is 0.221. The van der Waals surface area contributed by atoms with E-state index in [4.69, 9.17) is 4.74 Å². The van der Waals surface area contributed by atoms with E-state index in [1.54, 1.807) is 32.0 Å². The number of nitrogens with zero attached hydrogens (tertiary/aromatic N) is 3. The quantitative estimate of drug-likeness (QED) is 0.445. The van der Waals surface area contributed by atoms with Gasteiger partial charge in [-0.1, -0.05) is 31.2 Å². The minimum Gasteiger partial charge on any atom is -0.481 e. The van der Waals surface area contributed by atoms with Crippen molar-refractivity contribution in [2.24, 2.45) is 0 Å². The fourth-order valence-electron chi connectivity index (χ4n) is 3.27. The van der Waals surface area contributed by atoms with E-state index in [1.165, 1.54) is 16.0 Å². The number of rotatable bonds is 7. The molecular formula is C23H23N5O3S. The van der Waals surface area contributed by atoms with Crippen molar-refractivity contribution >= 4 is 23.1 Å². The Hall–Kier alpha value is -3.72. The largest absolute Gasteiger partial charge is 0.481 e. The lowest BCUT2D eigenvalue weighted by Crippen LogP contribution is -2.31. The zero-order chi connectivity index (χ0) is 22.7. The molecule has 1 aromatic carbocycles. The zero-order valence-corrected chi connectivity index (χ0v) is 18.8. The Balaban J connectivity index is 1.68. The first-order chi connectivity index (χ1) is 15.5. The van der Waals surface area contributed by atoms with Gasteiger partial charge >= 0.3 is 0 Å². The van der Waals surface area contributed by atoms with Crippen molar-refractivity contribution in [3.63, 3.8) is 0 Å². The number of carbonyl (C=O) groups excluding carboxylic acids is 1. The SMILES string of the molecule is CCc1c(C)nc(-n2nc(-c3cccs3)cc2NC(=O)C(C)Oc2ccccc2)[nH]c1=O. The van der Waals surface area contributed by atoms with Crippen LogP contribution in [-0.4, -0.2) is 31.8 Å². The molecule has 0 aliphatic carbocycles. The van der Waals surface area contributed by atoms with E-state index in [-0.39, 0.29) is 17.4 Å². The van der Waals surface area contributed by atoms with Crippen LogP contribution in [0.3, 0.4) is 0 Å². The van der Waals surface area contributed by atoms with Crippen LogP contribution in [0.25, 0.3) is 16.5 Å². The zero-order valence-electron chi connectivity index (χ0n) is 18.0. The van der Waals surface area contributed by atoms with Crippen molar-refractivity contribution in [3.8, 4) is 22.3 Å². The summed E-state index contributed by atoms with van der Waals surface area (Å²) >= 11 is 1.53. The van der Waals surface area contributed by atoms with Crippen LogP contribution in [0, 0.1) is 6.92 Å². The lowest BCUT2D eigenvalue weighted by molar-refractivity contribution is -0.122. The summed E-state index contributed by atoms with van der Waals surface area (Å²) in [4.78, 5) is 33.6. The number of aromatic amines is 1. The number of aryl methyl sites for hydroxylation is 1. The topological polar surface area (TPSA) is 102 Å². The van der Waals surface area contributed by atoms with Gasteiger partial charge in [-0.15, -0.1) is 11.3 Å². The van der Waals surface area contributed by atoms with Crippen molar-refractivity contribution in [1.29, 1.82) is 0 Å². The van der Waals surface area contributed by atoms with Gasteiger partial charge in [0.05, 0.1) is 4.88 Å². The van der Waals surface area contributed by atoms with Gasteiger partial charge in [0.1, 0.15) is 17.3 Å². The molecule has 0 bridgehead atoms. The van der Waals surface area contributed by atoms with Gasteiger partial charge in [-0.3, -0.25) is 14.6 Å². The number of benzene rings is 1. The number of aromatic nitrogens is 4. The molecule has 0 aliphatic heterocycles. The number of H-pyrrole nitrogens is 1. The van der Waals surface area contributed by atoms with Crippen molar-refractivity contribution in [3.05, 3.63) is 75.5 Å². The molecule has 0 spiro atoms. The normalized spacial score (nSPS) is 11.8. The van der Waals surface area contributed by atoms with Crippen LogP contribution < -0.4 is 15.6 Å². The molecule has 164 valence electrons. The number of anilines is 1. The average molecular weight is 450 g/mol. The van der Waals surface area contributed by atoms with Crippen molar-refractivity contribution < 1.29 is 9.53 Å². The highest BCUT2D eigenvalue weighted by molar-refractivity contribution is 7.13.